The van der Waals surface area contributed by atoms with Crippen molar-refractivity contribution >= 4 is 29.0 Å². The van der Waals surface area contributed by atoms with Gasteiger partial charge in [0.2, 0.25) is 5.91 Å². The SMILES string of the molecule is Cc1nc(C=CC(=O)Nc2ccc(Oc3ccc(C#N)cc3)cc2C)cs1. The summed E-state index contributed by atoms with van der Waals surface area (Å²) in [5, 5.41) is 14.5. The maximum atomic E-state index is 12.1. The van der Waals surface area contributed by atoms with Crippen molar-refractivity contribution in [3.63, 3.8) is 0 Å². The van der Waals surface area contributed by atoms with Gasteiger partial charge >= 0.3 is 0 Å². The van der Waals surface area contributed by atoms with Crippen molar-refractivity contribution in [2.45, 2.75) is 13.8 Å². The second-order valence-electron chi connectivity index (χ2n) is 5.83. The summed E-state index contributed by atoms with van der Waals surface area (Å²) in [6, 6.07) is 14.4. The van der Waals surface area contributed by atoms with Crippen molar-refractivity contribution in [3.8, 4) is 17.6 Å². The molecular weight excluding hydrogens is 358 g/mol. The first-order chi connectivity index (χ1) is 13.0. The Bertz CT molecular complexity index is 1030. The van der Waals surface area contributed by atoms with Crippen LogP contribution in [0.5, 0.6) is 11.5 Å². The van der Waals surface area contributed by atoms with E-state index in [0.717, 1.165) is 16.3 Å². The maximum Gasteiger partial charge on any atom is 0.248 e. The fourth-order valence-electron chi connectivity index (χ4n) is 2.37. The average molecular weight is 375 g/mol. The summed E-state index contributed by atoms with van der Waals surface area (Å²) in [5.41, 5.74) is 2.95. The molecule has 1 amide bonds. The number of anilines is 1. The van der Waals surface area contributed by atoms with E-state index in [-0.39, 0.29) is 5.91 Å². The van der Waals surface area contributed by atoms with Gasteiger partial charge in [-0.1, -0.05) is 0 Å². The van der Waals surface area contributed by atoms with Crippen molar-refractivity contribution in [1.82, 2.24) is 4.98 Å². The van der Waals surface area contributed by atoms with E-state index in [1.165, 1.54) is 6.08 Å². The van der Waals surface area contributed by atoms with Crippen LogP contribution in [0.1, 0.15) is 21.8 Å². The van der Waals surface area contributed by atoms with Crippen LogP contribution in [-0.2, 0) is 4.79 Å². The van der Waals surface area contributed by atoms with E-state index in [0.29, 0.717) is 22.7 Å². The molecule has 1 heterocycles. The predicted molar refractivity (Wildman–Crippen MR) is 107 cm³/mol. The normalized spacial score (nSPS) is 10.6. The van der Waals surface area contributed by atoms with E-state index < -0.39 is 0 Å². The molecule has 1 aromatic heterocycles. The molecule has 2 aromatic carbocycles. The number of hydrogen-bond donors (Lipinski definition) is 1. The number of thiazole rings is 1. The number of ether oxygens (including phenoxy) is 1. The molecule has 0 spiro atoms. The molecule has 0 bridgehead atoms. The highest BCUT2D eigenvalue weighted by atomic mass is 32.1. The topological polar surface area (TPSA) is 75.0 Å². The van der Waals surface area contributed by atoms with Crippen molar-refractivity contribution in [1.29, 1.82) is 5.26 Å². The standard InChI is InChI=1S/C21H17N3O2S/c1-14-11-19(26-18-6-3-16(12-22)4-7-18)8-9-20(14)24-21(25)10-5-17-13-27-15(2)23-17/h3-11,13H,1-2H3,(H,24,25). The zero-order valence-corrected chi connectivity index (χ0v) is 15.7. The second kappa shape index (κ2) is 8.30. The number of nitrogens with one attached hydrogen (secondary N) is 1. The number of benzene rings is 2. The van der Waals surface area contributed by atoms with E-state index in [4.69, 9.17) is 10.00 Å². The molecule has 134 valence electrons. The van der Waals surface area contributed by atoms with E-state index in [1.54, 1.807) is 53.8 Å². The monoisotopic (exact) mass is 375 g/mol. The third kappa shape index (κ3) is 5.03. The number of amides is 1. The number of aryl methyl sites for hydroxylation is 2. The number of carbonyl (C=O) groups excluding carboxylic acids is 1. The minimum absolute atomic E-state index is 0.218. The zero-order chi connectivity index (χ0) is 19.2. The zero-order valence-electron chi connectivity index (χ0n) is 14.9. The fraction of sp³-hybridized carbons (Fsp3) is 0.0952. The molecule has 0 aliphatic carbocycles. The third-order valence-corrected chi connectivity index (χ3v) is 4.51. The molecule has 6 heteroatoms. The van der Waals surface area contributed by atoms with Gasteiger partial charge in [0, 0.05) is 17.1 Å². The molecule has 0 saturated heterocycles. The number of nitriles is 1. The summed E-state index contributed by atoms with van der Waals surface area (Å²) < 4.78 is 5.78. The van der Waals surface area contributed by atoms with Gasteiger partial charge in [-0.15, -0.1) is 11.3 Å². The molecule has 3 rings (SSSR count). The average Bonchev–Trinajstić information content (AvgIpc) is 3.08. The predicted octanol–water partition coefficient (Wildman–Crippen LogP) is 5.08. The van der Waals surface area contributed by atoms with Gasteiger partial charge in [-0.3, -0.25) is 4.79 Å². The molecule has 0 aliphatic rings. The van der Waals surface area contributed by atoms with Gasteiger partial charge < -0.3 is 10.1 Å². The van der Waals surface area contributed by atoms with Gasteiger partial charge in [-0.2, -0.15) is 5.26 Å². The van der Waals surface area contributed by atoms with Crippen LogP contribution in [0.15, 0.2) is 53.9 Å². The molecule has 0 radical (unpaired) electrons. The third-order valence-electron chi connectivity index (χ3n) is 3.72. The van der Waals surface area contributed by atoms with Crippen LogP contribution < -0.4 is 10.1 Å². The fourth-order valence-corrected chi connectivity index (χ4v) is 2.95. The lowest BCUT2D eigenvalue weighted by Crippen LogP contribution is -2.08. The van der Waals surface area contributed by atoms with Gasteiger partial charge in [-0.05, 0) is 68.0 Å². The lowest BCUT2D eigenvalue weighted by atomic mass is 10.2. The first-order valence-electron chi connectivity index (χ1n) is 8.23. The molecule has 0 atom stereocenters. The summed E-state index contributed by atoms with van der Waals surface area (Å²) in [4.78, 5) is 16.4. The lowest BCUT2D eigenvalue weighted by Gasteiger charge is -2.10. The van der Waals surface area contributed by atoms with Crippen LogP contribution in [0.4, 0.5) is 5.69 Å². The van der Waals surface area contributed by atoms with E-state index >= 15 is 0 Å². The number of carbonyl (C=O) groups is 1. The summed E-state index contributed by atoms with van der Waals surface area (Å²) in [6.45, 7) is 3.82. The minimum Gasteiger partial charge on any atom is -0.457 e. The Morgan fingerprint density at radius 3 is 2.56 bits per heavy atom. The Balaban J connectivity index is 1.64. The van der Waals surface area contributed by atoms with Crippen molar-refractivity contribution < 1.29 is 9.53 Å². The smallest absolute Gasteiger partial charge is 0.248 e. The van der Waals surface area contributed by atoms with Crippen molar-refractivity contribution in [3.05, 3.63) is 75.7 Å². The van der Waals surface area contributed by atoms with Gasteiger partial charge in [0.05, 0.1) is 22.3 Å². The summed E-state index contributed by atoms with van der Waals surface area (Å²) in [5.74, 6) is 1.08. The number of nitrogens with zero attached hydrogens (tertiary/aromatic N) is 2. The van der Waals surface area contributed by atoms with E-state index in [9.17, 15) is 4.79 Å². The lowest BCUT2D eigenvalue weighted by molar-refractivity contribution is -0.111. The Morgan fingerprint density at radius 1 is 1.19 bits per heavy atom. The Morgan fingerprint density at radius 2 is 1.93 bits per heavy atom. The Kier molecular flexibility index (Phi) is 5.64. The molecular formula is C21H17N3O2S. The molecule has 0 saturated carbocycles. The van der Waals surface area contributed by atoms with Gasteiger partial charge in [0.15, 0.2) is 0 Å². The highest BCUT2D eigenvalue weighted by Gasteiger charge is 2.05. The van der Waals surface area contributed by atoms with Gasteiger partial charge in [0.25, 0.3) is 0 Å². The van der Waals surface area contributed by atoms with Gasteiger partial charge in [-0.25, -0.2) is 4.98 Å². The van der Waals surface area contributed by atoms with Crippen LogP contribution in [0.25, 0.3) is 6.08 Å². The van der Waals surface area contributed by atoms with Crippen LogP contribution in [0.3, 0.4) is 0 Å². The first kappa shape index (κ1) is 18.4. The molecule has 0 unspecified atom stereocenters. The van der Waals surface area contributed by atoms with Crippen LogP contribution in [0, 0.1) is 25.2 Å². The summed E-state index contributed by atoms with van der Waals surface area (Å²) in [7, 11) is 0. The highest BCUT2D eigenvalue weighted by Crippen LogP contribution is 2.26. The summed E-state index contributed by atoms with van der Waals surface area (Å²) >= 11 is 1.54. The molecule has 3 aromatic rings. The molecule has 5 nitrogen and oxygen atoms in total. The van der Waals surface area contributed by atoms with Gasteiger partial charge in [0.1, 0.15) is 11.5 Å². The molecule has 27 heavy (non-hydrogen) atoms. The Hall–Kier alpha value is -3.43. The van der Waals surface area contributed by atoms with E-state index in [2.05, 4.69) is 16.4 Å². The van der Waals surface area contributed by atoms with Crippen molar-refractivity contribution in [2.75, 3.05) is 5.32 Å². The Labute approximate surface area is 161 Å². The molecule has 1 N–H and O–H groups in total. The minimum atomic E-state index is -0.218. The van der Waals surface area contributed by atoms with Crippen LogP contribution >= 0.6 is 11.3 Å². The maximum absolute atomic E-state index is 12.1. The second-order valence-corrected chi connectivity index (χ2v) is 6.89. The quantitative estimate of drug-likeness (QED) is 0.631. The van der Waals surface area contributed by atoms with E-state index in [1.807, 2.05) is 25.3 Å². The number of rotatable bonds is 5. The first-order valence-corrected chi connectivity index (χ1v) is 9.11. The highest BCUT2D eigenvalue weighted by molar-refractivity contribution is 7.09. The number of hydrogen-bond acceptors (Lipinski definition) is 5. The van der Waals surface area contributed by atoms with Crippen LogP contribution in [0.2, 0.25) is 0 Å². The van der Waals surface area contributed by atoms with Crippen molar-refractivity contribution in [2.24, 2.45) is 0 Å². The molecule has 0 aliphatic heterocycles. The summed E-state index contributed by atoms with van der Waals surface area (Å²) in [6.07, 6.45) is 3.16. The number of aromatic nitrogens is 1. The van der Waals surface area contributed by atoms with Crippen LogP contribution in [-0.4, -0.2) is 10.9 Å². The molecule has 0 fully saturated rings. The largest absolute Gasteiger partial charge is 0.457 e.